The van der Waals surface area contributed by atoms with Crippen LogP contribution in [0.2, 0.25) is 0 Å². The van der Waals surface area contributed by atoms with Gasteiger partial charge in [-0.15, -0.1) is 0 Å². The topological polar surface area (TPSA) is 38.8 Å². The number of hydrogen-bond donors (Lipinski definition) is 0. The SMILES string of the molecule is CCC1CCC(N(C2CCC(OC)CC2)C2CCC(OC3CCC(C(=O)C4CCC(C)CC4)CC3)CC2)CC1. The Morgan fingerprint density at radius 2 is 1.00 bits per heavy atom. The van der Waals surface area contributed by atoms with E-state index in [2.05, 4.69) is 18.7 Å². The average molecular weight is 544 g/mol. The van der Waals surface area contributed by atoms with Crippen molar-refractivity contribution in [3.05, 3.63) is 0 Å². The molecule has 4 nitrogen and oxygen atoms in total. The number of hydrogen-bond acceptors (Lipinski definition) is 4. The van der Waals surface area contributed by atoms with Crippen molar-refractivity contribution < 1.29 is 14.3 Å². The van der Waals surface area contributed by atoms with E-state index in [0.29, 0.717) is 35.9 Å². The van der Waals surface area contributed by atoms with Gasteiger partial charge in [0.25, 0.3) is 0 Å². The lowest BCUT2D eigenvalue weighted by Gasteiger charge is -2.49. The molecular weight excluding hydrogens is 482 g/mol. The van der Waals surface area contributed by atoms with Gasteiger partial charge in [-0.1, -0.05) is 33.1 Å². The molecule has 5 aliphatic rings. The van der Waals surface area contributed by atoms with E-state index in [0.717, 1.165) is 68.5 Å². The van der Waals surface area contributed by atoms with Crippen LogP contribution in [0.25, 0.3) is 0 Å². The van der Waals surface area contributed by atoms with E-state index in [9.17, 15) is 4.79 Å². The molecule has 0 heterocycles. The largest absolute Gasteiger partial charge is 0.381 e. The Hall–Kier alpha value is -0.450. The van der Waals surface area contributed by atoms with E-state index in [1.807, 2.05) is 7.11 Å². The predicted molar refractivity (Wildman–Crippen MR) is 160 cm³/mol. The normalized spacial score (nSPS) is 42.4. The maximum Gasteiger partial charge on any atom is 0.139 e. The molecule has 0 amide bonds. The first-order valence-electron chi connectivity index (χ1n) is 17.5. The van der Waals surface area contributed by atoms with Crippen molar-refractivity contribution in [3.8, 4) is 0 Å². The van der Waals surface area contributed by atoms with E-state index in [1.165, 1.54) is 96.3 Å². The Labute approximate surface area is 240 Å². The molecule has 0 aromatic heterocycles. The van der Waals surface area contributed by atoms with Gasteiger partial charge >= 0.3 is 0 Å². The number of carbonyl (C=O) groups excluding carboxylic acids is 1. The van der Waals surface area contributed by atoms with E-state index in [-0.39, 0.29) is 0 Å². The van der Waals surface area contributed by atoms with Crippen LogP contribution in [-0.4, -0.2) is 54.2 Å². The molecule has 0 saturated heterocycles. The molecule has 5 rings (SSSR count). The summed E-state index contributed by atoms with van der Waals surface area (Å²) in [6, 6.07) is 2.32. The molecular formula is C35H61NO3. The average Bonchev–Trinajstić information content (AvgIpc) is 2.99. The lowest BCUT2D eigenvalue weighted by Crippen LogP contribution is -2.53. The van der Waals surface area contributed by atoms with Crippen LogP contribution < -0.4 is 0 Å². The van der Waals surface area contributed by atoms with Crippen molar-refractivity contribution in [3.63, 3.8) is 0 Å². The Morgan fingerprint density at radius 3 is 1.46 bits per heavy atom. The molecule has 0 aliphatic heterocycles. The highest BCUT2D eigenvalue weighted by Crippen LogP contribution is 2.40. The van der Waals surface area contributed by atoms with Crippen molar-refractivity contribution in [2.75, 3.05) is 7.11 Å². The van der Waals surface area contributed by atoms with E-state index in [4.69, 9.17) is 9.47 Å². The van der Waals surface area contributed by atoms with Crippen molar-refractivity contribution in [1.29, 1.82) is 0 Å². The minimum absolute atomic E-state index is 0.323. The third-order valence-corrected chi connectivity index (χ3v) is 12.2. The van der Waals surface area contributed by atoms with Crippen molar-refractivity contribution in [2.24, 2.45) is 23.7 Å². The van der Waals surface area contributed by atoms with Gasteiger partial charge in [0.1, 0.15) is 5.78 Å². The maximum atomic E-state index is 13.1. The van der Waals surface area contributed by atoms with Gasteiger partial charge in [0.2, 0.25) is 0 Å². The van der Waals surface area contributed by atoms with E-state index >= 15 is 0 Å². The van der Waals surface area contributed by atoms with Crippen LogP contribution in [0, 0.1) is 23.7 Å². The molecule has 5 saturated carbocycles. The first-order valence-corrected chi connectivity index (χ1v) is 17.5. The highest BCUT2D eigenvalue weighted by Gasteiger charge is 2.39. The Kier molecular flexibility index (Phi) is 11.3. The fourth-order valence-electron chi connectivity index (χ4n) is 9.44. The quantitative estimate of drug-likeness (QED) is 0.292. The third-order valence-electron chi connectivity index (χ3n) is 12.2. The van der Waals surface area contributed by atoms with Crippen molar-refractivity contribution in [2.45, 2.75) is 185 Å². The Morgan fingerprint density at radius 1 is 0.590 bits per heavy atom. The van der Waals surface area contributed by atoms with Crippen LogP contribution in [0.15, 0.2) is 0 Å². The van der Waals surface area contributed by atoms with Crippen LogP contribution in [0.4, 0.5) is 0 Å². The van der Waals surface area contributed by atoms with Crippen LogP contribution in [0.1, 0.15) is 149 Å². The molecule has 5 aliphatic carbocycles. The number of ether oxygens (including phenoxy) is 2. The Bertz CT molecular complexity index is 692. The van der Waals surface area contributed by atoms with Gasteiger partial charge in [0, 0.05) is 37.1 Å². The summed E-state index contributed by atoms with van der Waals surface area (Å²) in [5.74, 6) is 3.08. The van der Waals surface area contributed by atoms with Gasteiger partial charge in [0.15, 0.2) is 0 Å². The molecule has 0 unspecified atom stereocenters. The fraction of sp³-hybridized carbons (Fsp3) is 0.971. The molecule has 0 aromatic rings. The molecule has 39 heavy (non-hydrogen) atoms. The molecule has 0 bridgehead atoms. The minimum Gasteiger partial charge on any atom is -0.381 e. The molecule has 5 fully saturated rings. The number of carbonyl (C=O) groups is 1. The lowest BCUT2D eigenvalue weighted by molar-refractivity contribution is -0.131. The summed E-state index contributed by atoms with van der Waals surface area (Å²) in [7, 11) is 1.90. The van der Waals surface area contributed by atoms with E-state index < -0.39 is 0 Å². The standard InChI is InChI=1S/C35H61NO3/c1-4-26-7-13-29(14-8-26)36(30-15-21-32(38-3)22-16-30)31-17-23-34(24-18-31)39-33-19-11-28(12-20-33)35(37)27-9-5-25(2)6-10-27/h25-34H,4-24H2,1-3H3. The summed E-state index contributed by atoms with van der Waals surface area (Å²) in [4.78, 5) is 16.2. The summed E-state index contributed by atoms with van der Waals surface area (Å²) >= 11 is 0. The summed E-state index contributed by atoms with van der Waals surface area (Å²) in [5.41, 5.74) is 0. The first kappa shape index (κ1) is 30.0. The monoisotopic (exact) mass is 543 g/mol. The van der Waals surface area contributed by atoms with E-state index in [1.54, 1.807) is 0 Å². The number of methoxy groups -OCH3 is 1. The zero-order valence-corrected chi connectivity index (χ0v) is 25.8. The van der Waals surface area contributed by atoms with Crippen LogP contribution in [0.3, 0.4) is 0 Å². The number of Topliss-reactive ketones (excluding diaryl/α,β-unsaturated/α-hetero) is 1. The number of rotatable bonds is 9. The van der Waals surface area contributed by atoms with Crippen molar-refractivity contribution in [1.82, 2.24) is 4.90 Å². The molecule has 224 valence electrons. The van der Waals surface area contributed by atoms with Gasteiger partial charge in [0.05, 0.1) is 18.3 Å². The molecule has 0 N–H and O–H groups in total. The summed E-state index contributed by atoms with van der Waals surface area (Å²) < 4.78 is 12.5. The minimum atomic E-state index is 0.323. The third kappa shape index (κ3) is 7.89. The number of nitrogens with zero attached hydrogens (tertiary/aromatic N) is 1. The molecule has 0 aromatic carbocycles. The summed E-state index contributed by atoms with van der Waals surface area (Å²) in [5, 5.41) is 0. The first-order chi connectivity index (χ1) is 19.0. The zero-order valence-electron chi connectivity index (χ0n) is 25.8. The van der Waals surface area contributed by atoms with Crippen LogP contribution in [-0.2, 0) is 14.3 Å². The smallest absolute Gasteiger partial charge is 0.139 e. The summed E-state index contributed by atoms with van der Waals surface area (Å²) in [6.45, 7) is 4.73. The molecule has 0 spiro atoms. The second kappa shape index (κ2) is 14.6. The summed E-state index contributed by atoms with van der Waals surface area (Å²) in [6.07, 6.45) is 27.8. The molecule has 0 atom stereocenters. The van der Waals surface area contributed by atoms with Gasteiger partial charge in [-0.2, -0.15) is 0 Å². The predicted octanol–water partition coefficient (Wildman–Crippen LogP) is 8.50. The fourth-order valence-corrected chi connectivity index (χ4v) is 9.44. The number of ketones is 1. The highest BCUT2D eigenvalue weighted by atomic mass is 16.5. The molecule has 4 heteroatoms. The van der Waals surface area contributed by atoms with Gasteiger partial charge in [-0.25, -0.2) is 0 Å². The second-order valence-electron chi connectivity index (χ2n) is 14.6. The van der Waals surface area contributed by atoms with Crippen LogP contribution in [0.5, 0.6) is 0 Å². The molecule has 0 radical (unpaired) electrons. The van der Waals surface area contributed by atoms with Crippen molar-refractivity contribution >= 4 is 5.78 Å². The second-order valence-corrected chi connectivity index (χ2v) is 14.6. The lowest BCUT2D eigenvalue weighted by atomic mass is 9.74. The van der Waals surface area contributed by atoms with Gasteiger partial charge < -0.3 is 9.47 Å². The maximum absolute atomic E-state index is 13.1. The zero-order chi connectivity index (χ0) is 27.2. The van der Waals surface area contributed by atoms with Gasteiger partial charge in [-0.3, -0.25) is 9.69 Å². The van der Waals surface area contributed by atoms with Crippen LogP contribution >= 0.6 is 0 Å². The highest BCUT2D eigenvalue weighted by molar-refractivity contribution is 5.83. The Balaban J connectivity index is 1.08. The van der Waals surface area contributed by atoms with Gasteiger partial charge in [-0.05, 0) is 127 Å².